The van der Waals surface area contributed by atoms with Gasteiger partial charge < -0.3 is 14.2 Å². The van der Waals surface area contributed by atoms with Crippen LogP contribution in [0.25, 0.3) is 5.82 Å². The lowest BCUT2D eigenvalue weighted by atomic mass is 10.1. The van der Waals surface area contributed by atoms with E-state index in [1.165, 1.54) is 0 Å². The molecular weight excluding hydrogens is 314 g/mol. The summed E-state index contributed by atoms with van der Waals surface area (Å²) in [4.78, 5) is 19.1. The lowest BCUT2D eigenvalue weighted by molar-refractivity contribution is 0.0224. The largest absolute Gasteiger partial charge is 0.444 e. The minimum Gasteiger partial charge on any atom is -0.444 e. The molecule has 134 valence electrons. The van der Waals surface area contributed by atoms with E-state index >= 15 is 0 Å². The zero-order valence-electron chi connectivity index (χ0n) is 15.7. The highest BCUT2D eigenvalue weighted by Gasteiger charge is 2.35. The molecule has 0 saturated carbocycles. The predicted molar refractivity (Wildman–Crippen MR) is 98.0 cm³/mol. The van der Waals surface area contributed by atoms with Crippen LogP contribution in [0, 0.1) is 13.8 Å². The molecule has 25 heavy (non-hydrogen) atoms. The second kappa shape index (κ2) is 6.54. The summed E-state index contributed by atoms with van der Waals surface area (Å²) in [7, 11) is 0. The van der Waals surface area contributed by atoms with E-state index in [-0.39, 0.29) is 12.1 Å². The number of ether oxygens (including phenoxy) is 1. The van der Waals surface area contributed by atoms with Gasteiger partial charge in [-0.05, 0) is 65.7 Å². The third kappa shape index (κ3) is 3.55. The van der Waals surface area contributed by atoms with Gasteiger partial charge in [-0.25, -0.2) is 9.78 Å². The van der Waals surface area contributed by atoms with Crippen LogP contribution in [-0.2, 0) is 4.74 Å². The van der Waals surface area contributed by atoms with Crippen molar-refractivity contribution in [2.45, 2.75) is 59.1 Å². The highest BCUT2D eigenvalue weighted by molar-refractivity contribution is 5.69. The molecule has 3 heterocycles. The molecule has 0 spiro atoms. The molecular formula is C20H27N3O2. The second-order valence-electron chi connectivity index (χ2n) is 7.70. The van der Waals surface area contributed by atoms with Crippen LogP contribution < -0.4 is 0 Å². The minimum atomic E-state index is -0.490. The lowest BCUT2D eigenvalue weighted by Crippen LogP contribution is -2.36. The van der Waals surface area contributed by atoms with Gasteiger partial charge in [-0.1, -0.05) is 6.07 Å². The number of hydrogen-bond acceptors (Lipinski definition) is 3. The molecule has 1 fully saturated rings. The van der Waals surface area contributed by atoms with Crippen molar-refractivity contribution < 1.29 is 9.53 Å². The summed E-state index contributed by atoms with van der Waals surface area (Å²) >= 11 is 0. The molecule has 3 rings (SSSR count). The summed E-state index contributed by atoms with van der Waals surface area (Å²) in [6.07, 6.45) is 3.47. The van der Waals surface area contributed by atoms with Crippen molar-refractivity contribution >= 4 is 6.09 Å². The standard InChI is InChI=1S/C20H27N3O2/c1-14-10-11-15(2)23(14)18-16(8-6-12-21-18)17-9-7-13-22(17)19(24)25-20(3,4)5/h6,8,10-12,17H,7,9,13H2,1-5H3/t17-/m1/s1. The fraction of sp³-hybridized carbons (Fsp3) is 0.500. The van der Waals surface area contributed by atoms with Crippen molar-refractivity contribution in [3.05, 3.63) is 47.4 Å². The average Bonchev–Trinajstić information content (AvgIpc) is 3.13. The summed E-state index contributed by atoms with van der Waals surface area (Å²) in [5.41, 5.74) is 2.86. The van der Waals surface area contributed by atoms with Crippen LogP contribution in [0.5, 0.6) is 0 Å². The molecule has 1 aliphatic heterocycles. The van der Waals surface area contributed by atoms with Crippen molar-refractivity contribution in [1.82, 2.24) is 14.5 Å². The Morgan fingerprint density at radius 3 is 2.52 bits per heavy atom. The molecule has 2 aromatic heterocycles. The number of nitrogens with zero attached hydrogens (tertiary/aromatic N) is 3. The summed E-state index contributed by atoms with van der Waals surface area (Å²) in [5.74, 6) is 0.906. The molecule has 0 bridgehead atoms. The smallest absolute Gasteiger partial charge is 0.410 e. The topological polar surface area (TPSA) is 47.4 Å². The van der Waals surface area contributed by atoms with Crippen LogP contribution in [0.4, 0.5) is 4.79 Å². The maximum atomic E-state index is 12.7. The van der Waals surface area contributed by atoms with Crippen molar-refractivity contribution in [2.75, 3.05) is 6.54 Å². The third-order valence-electron chi connectivity index (χ3n) is 4.54. The van der Waals surface area contributed by atoms with Crippen LogP contribution >= 0.6 is 0 Å². The Bertz CT molecular complexity index is 754. The van der Waals surface area contributed by atoms with Gasteiger partial charge in [0.2, 0.25) is 0 Å². The molecule has 0 aromatic carbocycles. The summed E-state index contributed by atoms with van der Waals surface area (Å²) in [6, 6.07) is 8.20. The van der Waals surface area contributed by atoms with Gasteiger partial charge in [0.1, 0.15) is 11.4 Å². The number of rotatable bonds is 2. The van der Waals surface area contributed by atoms with Gasteiger partial charge in [-0.2, -0.15) is 0 Å². The van der Waals surface area contributed by atoms with E-state index in [2.05, 4.69) is 41.6 Å². The van der Waals surface area contributed by atoms with E-state index in [9.17, 15) is 4.79 Å². The first kappa shape index (κ1) is 17.5. The first-order valence-corrected chi connectivity index (χ1v) is 8.88. The Labute approximate surface area is 149 Å². The Morgan fingerprint density at radius 2 is 1.88 bits per heavy atom. The normalized spacial score (nSPS) is 17.8. The maximum absolute atomic E-state index is 12.7. The number of aromatic nitrogens is 2. The Hall–Kier alpha value is -2.30. The molecule has 5 heteroatoms. The quantitative estimate of drug-likeness (QED) is 0.804. The Morgan fingerprint density at radius 1 is 1.20 bits per heavy atom. The number of carbonyl (C=O) groups is 1. The van der Waals surface area contributed by atoms with Gasteiger partial charge in [-0.15, -0.1) is 0 Å². The van der Waals surface area contributed by atoms with E-state index in [1.807, 2.05) is 37.9 Å². The van der Waals surface area contributed by atoms with Crippen molar-refractivity contribution in [3.8, 4) is 5.82 Å². The van der Waals surface area contributed by atoms with E-state index in [0.29, 0.717) is 0 Å². The van der Waals surface area contributed by atoms with Crippen LogP contribution in [0.3, 0.4) is 0 Å². The summed E-state index contributed by atoms with van der Waals surface area (Å²) in [6.45, 7) is 10.6. The van der Waals surface area contributed by atoms with E-state index in [4.69, 9.17) is 4.74 Å². The van der Waals surface area contributed by atoms with Gasteiger partial charge in [0.05, 0.1) is 6.04 Å². The molecule has 0 radical (unpaired) electrons. The Balaban J connectivity index is 1.98. The van der Waals surface area contributed by atoms with Gasteiger partial charge in [0.25, 0.3) is 0 Å². The number of likely N-dealkylation sites (tertiary alicyclic amines) is 1. The number of pyridine rings is 1. The average molecular weight is 341 g/mol. The minimum absolute atomic E-state index is 0.000231. The monoisotopic (exact) mass is 341 g/mol. The van der Waals surface area contributed by atoms with E-state index in [1.54, 1.807) is 0 Å². The van der Waals surface area contributed by atoms with Gasteiger partial charge >= 0.3 is 6.09 Å². The van der Waals surface area contributed by atoms with Gasteiger partial charge in [0.15, 0.2) is 0 Å². The lowest BCUT2D eigenvalue weighted by Gasteiger charge is -2.29. The first-order chi connectivity index (χ1) is 11.8. The molecule has 1 atom stereocenters. The first-order valence-electron chi connectivity index (χ1n) is 8.88. The molecule has 1 amide bonds. The van der Waals surface area contributed by atoms with Crippen molar-refractivity contribution in [3.63, 3.8) is 0 Å². The van der Waals surface area contributed by atoms with Crippen LogP contribution in [0.1, 0.15) is 56.6 Å². The number of hydrogen-bond donors (Lipinski definition) is 0. The third-order valence-corrected chi connectivity index (χ3v) is 4.54. The van der Waals surface area contributed by atoms with Gasteiger partial charge in [0, 0.05) is 29.7 Å². The SMILES string of the molecule is Cc1ccc(C)n1-c1ncccc1[C@H]1CCCN1C(=O)OC(C)(C)C. The molecule has 1 aliphatic rings. The van der Waals surface area contributed by atoms with Crippen LogP contribution in [0.15, 0.2) is 30.5 Å². The Kier molecular flexibility index (Phi) is 4.58. The number of amides is 1. The molecule has 0 unspecified atom stereocenters. The van der Waals surface area contributed by atoms with E-state index < -0.39 is 5.60 Å². The molecule has 2 aromatic rings. The van der Waals surface area contributed by atoms with E-state index in [0.717, 1.165) is 42.2 Å². The van der Waals surface area contributed by atoms with Crippen LogP contribution in [0.2, 0.25) is 0 Å². The van der Waals surface area contributed by atoms with Crippen molar-refractivity contribution in [2.24, 2.45) is 0 Å². The molecule has 1 saturated heterocycles. The zero-order valence-corrected chi connectivity index (χ0v) is 15.7. The second-order valence-corrected chi connectivity index (χ2v) is 7.70. The fourth-order valence-corrected chi connectivity index (χ4v) is 3.49. The fourth-order valence-electron chi connectivity index (χ4n) is 3.49. The number of aryl methyl sites for hydroxylation is 2. The predicted octanol–water partition coefficient (Wildman–Crippen LogP) is 4.56. The molecule has 0 aliphatic carbocycles. The molecule has 5 nitrogen and oxygen atoms in total. The summed E-state index contributed by atoms with van der Waals surface area (Å²) in [5, 5.41) is 0. The van der Waals surface area contributed by atoms with Gasteiger partial charge in [-0.3, -0.25) is 0 Å². The highest BCUT2D eigenvalue weighted by atomic mass is 16.6. The maximum Gasteiger partial charge on any atom is 0.410 e. The van der Waals surface area contributed by atoms with Crippen LogP contribution in [-0.4, -0.2) is 32.7 Å². The summed E-state index contributed by atoms with van der Waals surface area (Å²) < 4.78 is 7.76. The molecule has 0 N–H and O–H groups in total. The van der Waals surface area contributed by atoms with Crippen molar-refractivity contribution in [1.29, 1.82) is 0 Å². The highest BCUT2D eigenvalue weighted by Crippen LogP contribution is 2.36. The zero-order chi connectivity index (χ0) is 18.2. The number of carbonyl (C=O) groups excluding carboxylic acids is 1.